The van der Waals surface area contributed by atoms with Crippen molar-refractivity contribution < 1.29 is 14.3 Å². The molecule has 22 heavy (non-hydrogen) atoms. The highest BCUT2D eigenvalue weighted by atomic mass is 35.5. The number of nitrogens with one attached hydrogen (secondary N) is 1. The fourth-order valence-corrected chi connectivity index (χ4v) is 3.78. The van der Waals surface area contributed by atoms with Crippen LogP contribution in [0.15, 0.2) is 12.1 Å². The van der Waals surface area contributed by atoms with Gasteiger partial charge in [0.05, 0.1) is 23.3 Å². The van der Waals surface area contributed by atoms with Gasteiger partial charge >= 0.3 is 5.97 Å². The summed E-state index contributed by atoms with van der Waals surface area (Å²) >= 11 is 12.6. The maximum absolute atomic E-state index is 11.7. The number of morpholine rings is 1. The highest BCUT2D eigenvalue weighted by Gasteiger charge is 2.48. The van der Waals surface area contributed by atoms with Crippen LogP contribution in [0.2, 0.25) is 10.0 Å². The molecule has 1 aromatic rings. The Labute approximate surface area is 140 Å². The van der Waals surface area contributed by atoms with Crippen molar-refractivity contribution in [2.45, 2.75) is 37.8 Å². The molecule has 0 radical (unpaired) electrons. The number of esters is 1. The second-order valence-electron chi connectivity index (χ2n) is 5.78. The van der Waals surface area contributed by atoms with Crippen molar-refractivity contribution in [1.82, 2.24) is 5.32 Å². The molecule has 2 saturated heterocycles. The summed E-state index contributed by atoms with van der Waals surface area (Å²) in [6.45, 7) is 3.65. The quantitative estimate of drug-likeness (QED) is 0.834. The van der Waals surface area contributed by atoms with Crippen molar-refractivity contribution in [3.63, 3.8) is 0 Å². The number of hydrogen-bond acceptors (Lipinski definition) is 4. The first-order valence-electron chi connectivity index (χ1n) is 7.56. The standard InChI is InChI=1S/C16H19Cl2NO3/c1-2-21-14(20)6-3-11-12(4-5-13(17)15(11)18)16-7-10(8-22-16)19-9-16/h4-5,10,19H,2-3,6-9H2,1H3. The van der Waals surface area contributed by atoms with Crippen molar-refractivity contribution >= 4 is 29.2 Å². The van der Waals surface area contributed by atoms with E-state index in [-0.39, 0.29) is 18.0 Å². The minimum Gasteiger partial charge on any atom is -0.466 e. The van der Waals surface area contributed by atoms with Crippen molar-refractivity contribution in [2.24, 2.45) is 0 Å². The van der Waals surface area contributed by atoms with Gasteiger partial charge in [-0.25, -0.2) is 0 Å². The van der Waals surface area contributed by atoms with Crippen LogP contribution < -0.4 is 5.32 Å². The summed E-state index contributed by atoms with van der Waals surface area (Å²) in [5, 5.41) is 4.46. The Kier molecular flexibility index (Phi) is 4.64. The van der Waals surface area contributed by atoms with E-state index in [9.17, 15) is 4.79 Å². The van der Waals surface area contributed by atoms with Crippen molar-refractivity contribution in [1.29, 1.82) is 0 Å². The number of ether oxygens (including phenoxy) is 2. The minimum atomic E-state index is -0.344. The molecule has 6 heteroatoms. The maximum atomic E-state index is 11.7. The Bertz CT molecular complexity index is 583. The van der Waals surface area contributed by atoms with E-state index in [2.05, 4.69) is 5.32 Å². The molecule has 1 N–H and O–H groups in total. The summed E-state index contributed by atoms with van der Waals surface area (Å²) in [5.74, 6) is -0.225. The molecule has 2 aliphatic heterocycles. The molecule has 0 aromatic heterocycles. The van der Waals surface area contributed by atoms with E-state index in [0.717, 1.165) is 24.1 Å². The third kappa shape index (κ3) is 2.85. The van der Waals surface area contributed by atoms with E-state index in [1.165, 1.54) is 0 Å². The van der Waals surface area contributed by atoms with Crippen LogP contribution in [0.4, 0.5) is 0 Å². The third-order valence-electron chi connectivity index (χ3n) is 4.38. The van der Waals surface area contributed by atoms with Crippen molar-refractivity contribution in [2.75, 3.05) is 19.8 Å². The van der Waals surface area contributed by atoms with E-state index in [1.54, 1.807) is 13.0 Å². The average molecular weight is 344 g/mol. The first kappa shape index (κ1) is 16.1. The summed E-state index contributed by atoms with van der Waals surface area (Å²) in [6.07, 6.45) is 1.72. The number of hydrogen-bond donors (Lipinski definition) is 1. The van der Waals surface area contributed by atoms with Crippen LogP contribution in [0, 0.1) is 0 Å². The zero-order chi connectivity index (χ0) is 15.7. The first-order valence-corrected chi connectivity index (χ1v) is 8.31. The van der Waals surface area contributed by atoms with E-state index in [4.69, 9.17) is 32.7 Å². The number of benzene rings is 1. The van der Waals surface area contributed by atoms with E-state index < -0.39 is 0 Å². The zero-order valence-electron chi connectivity index (χ0n) is 12.5. The Balaban J connectivity index is 1.90. The Morgan fingerprint density at radius 2 is 2.32 bits per heavy atom. The van der Waals surface area contributed by atoms with E-state index in [1.807, 2.05) is 6.07 Å². The smallest absolute Gasteiger partial charge is 0.306 e. The molecule has 0 saturated carbocycles. The second kappa shape index (κ2) is 6.36. The summed E-state index contributed by atoms with van der Waals surface area (Å²) in [4.78, 5) is 11.7. The molecule has 2 bridgehead atoms. The van der Waals surface area contributed by atoms with Crippen molar-refractivity contribution in [3.05, 3.63) is 33.3 Å². The van der Waals surface area contributed by atoms with Gasteiger partial charge in [-0.2, -0.15) is 0 Å². The van der Waals surface area contributed by atoms with Crippen LogP contribution in [-0.2, 0) is 26.3 Å². The monoisotopic (exact) mass is 343 g/mol. The van der Waals surface area contributed by atoms with Gasteiger partial charge in [-0.15, -0.1) is 0 Å². The number of carbonyl (C=O) groups is 1. The fraction of sp³-hybridized carbons (Fsp3) is 0.562. The van der Waals surface area contributed by atoms with Crippen molar-refractivity contribution in [3.8, 4) is 0 Å². The second-order valence-corrected chi connectivity index (χ2v) is 6.56. The number of halogens is 2. The van der Waals surface area contributed by atoms with Gasteiger partial charge in [-0.05, 0) is 37.0 Å². The molecular weight excluding hydrogens is 325 g/mol. The summed E-state index contributed by atoms with van der Waals surface area (Å²) in [7, 11) is 0. The molecule has 2 fully saturated rings. The molecule has 120 valence electrons. The lowest BCUT2D eigenvalue weighted by atomic mass is 9.87. The Morgan fingerprint density at radius 3 is 2.91 bits per heavy atom. The van der Waals surface area contributed by atoms with Gasteiger partial charge in [-0.3, -0.25) is 4.79 Å². The Morgan fingerprint density at radius 1 is 1.50 bits per heavy atom. The topological polar surface area (TPSA) is 47.6 Å². The molecular formula is C16H19Cl2NO3. The molecule has 1 aromatic carbocycles. The minimum absolute atomic E-state index is 0.225. The first-order chi connectivity index (χ1) is 10.6. The van der Waals surface area contributed by atoms with E-state index >= 15 is 0 Å². The number of carbonyl (C=O) groups excluding carboxylic acids is 1. The average Bonchev–Trinajstić information content (AvgIpc) is 3.10. The molecule has 0 aliphatic carbocycles. The molecule has 2 atom stereocenters. The third-order valence-corrected chi connectivity index (χ3v) is 5.23. The predicted molar refractivity (Wildman–Crippen MR) is 85.5 cm³/mol. The van der Waals surface area contributed by atoms with Gasteiger partial charge in [0.1, 0.15) is 5.60 Å². The van der Waals surface area contributed by atoms with Crippen LogP contribution in [-0.4, -0.2) is 31.8 Å². The predicted octanol–water partition coefficient (Wildman–Crippen LogP) is 3.08. The number of rotatable bonds is 5. The highest BCUT2D eigenvalue weighted by molar-refractivity contribution is 6.42. The SMILES string of the molecule is CCOC(=O)CCc1c(C23CNC(CO2)C3)ccc(Cl)c1Cl. The van der Waals surface area contributed by atoms with Crippen LogP contribution in [0.3, 0.4) is 0 Å². The number of fused-ring (bicyclic) bond motifs is 2. The zero-order valence-corrected chi connectivity index (χ0v) is 14.0. The normalized spacial score (nSPS) is 26.4. The van der Waals surface area contributed by atoms with E-state index in [0.29, 0.717) is 35.7 Å². The molecule has 0 amide bonds. The van der Waals surface area contributed by atoms with Gasteiger partial charge < -0.3 is 14.8 Å². The van der Waals surface area contributed by atoms with Gasteiger partial charge in [0.2, 0.25) is 0 Å². The molecule has 2 aliphatic rings. The molecule has 3 rings (SSSR count). The lowest BCUT2D eigenvalue weighted by Gasteiger charge is -2.30. The van der Waals surface area contributed by atoms with Gasteiger partial charge in [0.15, 0.2) is 0 Å². The van der Waals surface area contributed by atoms with Gasteiger partial charge in [-0.1, -0.05) is 29.3 Å². The van der Waals surface area contributed by atoms with Crippen LogP contribution in [0.5, 0.6) is 0 Å². The van der Waals surface area contributed by atoms with Gasteiger partial charge in [0, 0.05) is 19.0 Å². The lowest BCUT2D eigenvalue weighted by Crippen LogP contribution is -2.38. The summed E-state index contributed by atoms with van der Waals surface area (Å²) in [6, 6.07) is 4.17. The van der Waals surface area contributed by atoms with Crippen LogP contribution >= 0.6 is 23.2 Å². The van der Waals surface area contributed by atoms with Gasteiger partial charge in [0.25, 0.3) is 0 Å². The van der Waals surface area contributed by atoms with Crippen LogP contribution in [0.25, 0.3) is 0 Å². The molecule has 2 unspecified atom stereocenters. The molecule has 2 heterocycles. The fourth-order valence-electron chi connectivity index (χ4n) is 3.35. The largest absolute Gasteiger partial charge is 0.466 e. The Hall–Kier alpha value is -0.810. The summed E-state index contributed by atoms with van der Waals surface area (Å²) < 4.78 is 11.0. The molecule has 0 spiro atoms. The highest BCUT2D eigenvalue weighted by Crippen LogP contribution is 2.44. The summed E-state index contributed by atoms with van der Waals surface area (Å²) in [5.41, 5.74) is 1.59. The lowest BCUT2D eigenvalue weighted by molar-refractivity contribution is -0.143. The maximum Gasteiger partial charge on any atom is 0.306 e. The van der Waals surface area contributed by atoms with Crippen LogP contribution in [0.1, 0.15) is 30.9 Å². The molecule has 4 nitrogen and oxygen atoms in total.